The molecular weight excluding hydrogens is 308 g/mol. The molecule has 21 heavy (non-hydrogen) atoms. The Bertz CT molecular complexity index is 652. The summed E-state index contributed by atoms with van der Waals surface area (Å²) in [5.74, 6) is 0. The van der Waals surface area contributed by atoms with Crippen molar-refractivity contribution in [2.24, 2.45) is 5.73 Å². The molecule has 0 spiro atoms. The second kappa shape index (κ2) is 6.76. The fourth-order valence-electron chi connectivity index (χ4n) is 1.79. The number of halogens is 1. The Hall–Kier alpha value is -1.82. The number of benzene rings is 1. The number of urea groups is 1. The molecule has 2 aromatic rings. The van der Waals surface area contributed by atoms with E-state index in [9.17, 15) is 10.0 Å². The van der Waals surface area contributed by atoms with E-state index in [1.54, 1.807) is 11.3 Å². The average Bonchev–Trinajstić information content (AvgIpc) is 2.93. The van der Waals surface area contributed by atoms with Crippen LogP contribution in [0.3, 0.4) is 0 Å². The maximum atomic E-state index is 10.7. The molecule has 0 fully saturated rings. The van der Waals surface area contributed by atoms with E-state index >= 15 is 0 Å². The maximum absolute atomic E-state index is 10.7. The van der Waals surface area contributed by atoms with Crippen molar-refractivity contribution < 1.29 is 10.0 Å². The van der Waals surface area contributed by atoms with E-state index in [1.165, 1.54) is 0 Å². The summed E-state index contributed by atoms with van der Waals surface area (Å²) < 4.78 is 0. The van der Waals surface area contributed by atoms with Crippen molar-refractivity contribution in [3.05, 3.63) is 63.3 Å². The Balaban J connectivity index is 2.04. The summed E-state index contributed by atoms with van der Waals surface area (Å²) in [5.41, 5.74) is 6.88. The minimum Gasteiger partial charge on any atom is -0.350 e. The lowest BCUT2D eigenvalue weighted by molar-refractivity contribution is -0.0380. The quantitative estimate of drug-likeness (QED) is 0.650. The third kappa shape index (κ3) is 4.07. The van der Waals surface area contributed by atoms with Crippen molar-refractivity contribution in [1.29, 1.82) is 0 Å². The Morgan fingerprint density at radius 2 is 1.95 bits per heavy atom. The number of carbonyl (C=O) groups is 1. The van der Waals surface area contributed by atoms with Crippen LogP contribution >= 0.6 is 22.9 Å². The summed E-state index contributed by atoms with van der Waals surface area (Å²) in [6.45, 7) is 4.26. The molecule has 2 amide bonds. The summed E-state index contributed by atoms with van der Waals surface area (Å²) in [6.07, 6.45) is 0.540. The van der Waals surface area contributed by atoms with Crippen LogP contribution in [0, 0.1) is 0 Å². The highest BCUT2D eigenvalue weighted by molar-refractivity contribution is 7.13. The lowest BCUT2D eigenvalue weighted by Gasteiger charge is -2.10. The predicted molar refractivity (Wildman–Crippen MR) is 85.7 cm³/mol. The zero-order valence-electron chi connectivity index (χ0n) is 11.3. The van der Waals surface area contributed by atoms with Gasteiger partial charge in [0.2, 0.25) is 0 Å². The predicted octanol–water partition coefficient (Wildman–Crippen LogP) is 3.78. The van der Waals surface area contributed by atoms with Gasteiger partial charge in [-0.05, 0) is 35.4 Å². The fourth-order valence-corrected chi connectivity index (χ4v) is 2.91. The largest absolute Gasteiger partial charge is 0.350 e. The van der Waals surface area contributed by atoms with Crippen molar-refractivity contribution >= 4 is 34.5 Å². The van der Waals surface area contributed by atoms with Gasteiger partial charge in [-0.25, -0.2) is 9.86 Å². The highest BCUT2D eigenvalue weighted by Crippen LogP contribution is 2.29. The van der Waals surface area contributed by atoms with Crippen molar-refractivity contribution in [1.82, 2.24) is 5.06 Å². The fraction of sp³-hybridized carbons (Fsp3) is 0.133. The third-order valence-corrected chi connectivity index (χ3v) is 4.43. The molecule has 3 N–H and O–H groups in total. The normalized spacial score (nSPS) is 10.4. The van der Waals surface area contributed by atoms with E-state index in [2.05, 4.69) is 6.58 Å². The van der Waals surface area contributed by atoms with Gasteiger partial charge in [0.05, 0.1) is 6.54 Å². The van der Waals surface area contributed by atoms with Crippen molar-refractivity contribution in [2.75, 3.05) is 6.54 Å². The lowest BCUT2D eigenvalue weighted by Crippen LogP contribution is -2.34. The summed E-state index contributed by atoms with van der Waals surface area (Å²) >= 11 is 7.44. The second-order valence-corrected chi connectivity index (χ2v) is 6.07. The number of nitrogens with zero attached hydrogens (tertiary/aromatic N) is 1. The van der Waals surface area contributed by atoms with Crippen LogP contribution in [0.1, 0.15) is 15.3 Å². The smallest absolute Gasteiger partial charge is 0.338 e. The SMILES string of the molecule is C=C(c1ccc(Cl)cc1)c1ccc(CCN(O)C(N)=O)s1. The third-order valence-electron chi connectivity index (χ3n) is 2.98. The van der Waals surface area contributed by atoms with Crippen LogP contribution in [0.5, 0.6) is 0 Å². The number of hydrogen-bond donors (Lipinski definition) is 2. The molecular formula is C15H15ClN2O2S. The molecule has 0 unspecified atom stereocenters. The van der Waals surface area contributed by atoms with E-state index < -0.39 is 6.03 Å². The highest BCUT2D eigenvalue weighted by atomic mass is 35.5. The molecule has 4 nitrogen and oxygen atoms in total. The number of amides is 2. The van der Waals surface area contributed by atoms with Crippen LogP contribution < -0.4 is 5.73 Å². The molecule has 0 saturated carbocycles. The standard InChI is InChI=1S/C15H15ClN2O2S/c1-10(11-2-4-12(16)5-3-11)14-7-6-13(21-14)8-9-18(20)15(17)19/h2-7,20H,1,8-9H2,(H2,17,19). The summed E-state index contributed by atoms with van der Waals surface area (Å²) in [5, 5.41) is 10.4. The molecule has 2 rings (SSSR count). The van der Waals surface area contributed by atoms with Crippen LogP contribution in [0.2, 0.25) is 5.02 Å². The number of carbonyl (C=O) groups excluding carboxylic acids is 1. The maximum Gasteiger partial charge on any atom is 0.338 e. The second-order valence-electron chi connectivity index (χ2n) is 4.46. The lowest BCUT2D eigenvalue weighted by atomic mass is 10.1. The van der Waals surface area contributed by atoms with Gasteiger partial charge in [-0.2, -0.15) is 0 Å². The first-order valence-electron chi connectivity index (χ1n) is 6.27. The molecule has 110 valence electrons. The number of hydroxylamine groups is 2. The Kier molecular flexibility index (Phi) is 5.01. The van der Waals surface area contributed by atoms with E-state index in [0.29, 0.717) is 16.5 Å². The highest BCUT2D eigenvalue weighted by Gasteiger charge is 2.09. The summed E-state index contributed by atoms with van der Waals surface area (Å²) in [6, 6.07) is 10.6. The van der Waals surface area contributed by atoms with Crippen LogP contribution in [0.15, 0.2) is 43.0 Å². The molecule has 0 radical (unpaired) electrons. The van der Waals surface area contributed by atoms with Crippen LogP contribution in [0.25, 0.3) is 5.57 Å². The van der Waals surface area contributed by atoms with Gasteiger partial charge >= 0.3 is 6.03 Å². The molecule has 6 heteroatoms. The zero-order valence-corrected chi connectivity index (χ0v) is 12.8. The summed E-state index contributed by atoms with van der Waals surface area (Å²) in [7, 11) is 0. The van der Waals surface area contributed by atoms with Gasteiger partial charge in [0, 0.05) is 21.2 Å². The van der Waals surface area contributed by atoms with Crippen molar-refractivity contribution in [3.8, 4) is 0 Å². The monoisotopic (exact) mass is 322 g/mol. The van der Waals surface area contributed by atoms with E-state index in [-0.39, 0.29) is 6.54 Å². The first kappa shape index (κ1) is 15.6. The molecule has 0 aliphatic heterocycles. The van der Waals surface area contributed by atoms with Gasteiger partial charge < -0.3 is 5.73 Å². The Morgan fingerprint density at radius 1 is 1.29 bits per heavy atom. The summed E-state index contributed by atoms with van der Waals surface area (Å²) in [4.78, 5) is 12.8. The molecule has 1 aromatic heterocycles. The molecule has 0 atom stereocenters. The van der Waals surface area contributed by atoms with Gasteiger partial charge in [0.15, 0.2) is 0 Å². The number of nitrogens with two attached hydrogens (primary N) is 1. The topological polar surface area (TPSA) is 66.6 Å². The minimum atomic E-state index is -0.850. The molecule has 0 bridgehead atoms. The van der Waals surface area contributed by atoms with Crippen molar-refractivity contribution in [2.45, 2.75) is 6.42 Å². The van der Waals surface area contributed by atoms with Crippen LogP contribution in [-0.2, 0) is 6.42 Å². The first-order chi connectivity index (χ1) is 9.97. The van der Waals surface area contributed by atoms with Crippen LogP contribution in [-0.4, -0.2) is 22.8 Å². The number of hydrogen-bond acceptors (Lipinski definition) is 3. The molecule has 0 aliphatic carbocycles. The Morgan fingerprint density at radius 3 is 2.57 bits per heavy atom. The van der Waals surface area contributed by atoms with Crippen molar-refractivity contribution in [3.63, 3.8) is 0 Å². The van der Waals surface area contributed by atoms with Gasteiger partial charge in [-0.1, -0.05) is 30.3 Å². The van der Waals surface area contributed by atoms with E-state index in [1.807, 2.05) is 36.4 Å². The molecule has 0 aliphatic rings. The van der Waals surface area contributed by atoms with Gasteiger partial charge in [0.1, 0.15) is 0 Å². The minimum absolute atomic E-state index is 0.169. The first-order valence-corrected chi connectivity index (χ1v) is 7.46. The van der Waals surface area contributed by atoms with Gasteiger partial charge in [0.25, 0.3) is 0 Å². The van der Waals surface area contributed by atoms with E-state index in [0.717, 1.165) is 20.9 Å². The molecule has 1 aromatic carbocycles. The van der Waals surface area contributed by atoms with E-state index in [4.69, 9.17) is 17.3 Å². The van der Waals surface area contributed by atoms with Crippen LogP contribution in [0.4, 0.5) is 4.79 Å². The number of rotatable bonds is 5. The average molecular weight is 323 g/mol. The van der Waals surface area contributed by atoms with Gasteiger partial charge in [-0.3, -0.25) is 5.21 Å². The van der Waals surface area contributed by atoms with Gasteiger partial charge in [-0.15, -0.1) is 11.3 Å². The number of primary amides is 1. The molecule has 1 heterocycles. The molecule has 0 saturated heterocycles. The zero-order chi connectivity index (χ0) is 15.4. The Labute approximate surface area is 132 Å². The number of thiophene rings is 1.